The first-order valence-electron chi connectivity index (χ1n) is 8.96. The van der Waals surface area contributed by atoms with Crippen molar-refractivity contribution in [1.29, 1.82) is 0 Å². The fourth-order valence-electron chi connectivity index (χ4n) is 3.27. The lowest BCUT2D eigenvalue weighted by Crippen LogP contribution is -2.17. The number of carbonyl (C=O) groups excluding carboxylic acids is 2. The fourth-order valence-corrected chi connectivity index (χ4v) is 4.43. The minimum atomic E-state index is -0.421. The van der Waals surface area contributed by atoms with Crippen LogP contribution < -0.4 is 5.32 Å². The number of benzene rings is 1. The van der Waals surface area contributed by atoms with Gasteiger partial charge in [-0.1, -0.05) is 24.3 Å². The summed E-state index contributed by atoms with van der Waals surface area (Å²) in [4.78, 5) is 26.8. The van der Waals surface area contributed by atoms with E-state index in [1.807, 2.05) is 23.6 Å². The third-order valence-electron chi connectivity index (χ3n) is 4.73. The van der Waals surface area contributed by atoms with E-state index >= 15 is 0 Å². The number of aromatic nitrogens is 1. The van der Waals surface area contributed by atoms with Crippen molar-refractivity contribution in [1.82, 2.24) is 4.57 Å². The van der Waals surface area contributed by atoms with Crippen molar-refractivity contribution in [3.05, 3.63) is 51.5 Å². The SMILES string of the molecule is CCOC(=O)c1c(NC(C)=O)c2c(C)c(C)sc2n1Cc1ccccc1C. The molecule has 5 nitrogen and oxygen atoms in total. The van der Waals surface area contributed by atoms with Crippen molar-refractivity contribution in [2.45, 2.75) is 41.2 Å². The highest BCUT2D eigenvalue weighted by molar-refractivity contribution is 7.19. The Morgan fingerprint density at radius 3 is 2.52 bits per heavy atom. The molecule has 2 aromatic heterocycles. The molecule has 0 unspecified atom stereocenters. The Morgan fingerprint density at radius 1 is 1.19 bits per heavy atom. The number of thiophene rings is 1. The molecule has 3 rings (SSSR count). The molecule has 0 aliphatic carbocycles. The van der Waals surface area contributed by atoms with Crippen LogP contribution in [0.15, 0.2) is 24.3 Å². The summed E-state index contributed by atoms with van der Waals surface area (Å²) in [5, 5.41) is 3.80. The molecule has 1 N–H and O–H groups in total. The highest BCUT2D eigenvalue weighted by Crippen LogP contribution is 2.41. The van der Waals surface area contributed by atoms with Crippen LogP contribution in [0.2, 0.25) is 0 Å². The molecule has 2 heterocycles. The van der Waals surface area contributed by atoms with Gasteiger partial charge in [-0.15, -0.1) is 11.3 Å². The number of aryl methyl sites for hydroxylation is 3. The molecule has 0 atom stereocenters. The van der Waals surface area contributed by atoms with E-state index < -0.39 is 5.97 Å². The van der Waals surface area contributed by atoms with Crippen LogP contribution in [0.5, 0.6) is 0 Å². The van der Waals surface area contributed by atoms with Gasteiger partial charge in [-0.25, -0.2) is 4.79 Å². The fraction of sp³-hybridized carbons (Fsp3) is 0.333. The summed E-state index contributed by atoms with van der Waals surface area (Å²) in [5.74, 6) is -0.631. The first-order valence-corrected chi connectivity index (χ1v) is 9.78. The minimum Gasteiger partial charge on any atom is -0.461 e. The first-order chi connectivity index (χ1) is 12.8. The van der Waals surface area contributed by atoms with Crippen molar-refractivity contribution in [3.8, 4) is 0 Å². The lowest BCUT2D eigenvalue weighted by Gasteiger charge is -2.13. The summed E-state index contributed by atoms with van der Waals surface area (Å²) >= 11 is 1.63. The standard InChI is InChI=1S/C21H24N2O3S/c1-6-26-21(25)19-18(22-15(5)24)17-13(3)14(4)27-20(17)23(19)11-16-10-8-7-9-12(16)2/h7-10H,6,11H2,1-5H3,(H,22,24). The molecule has 0 fully saturated rings. The second-order valence-corrected chi connectivity index (χ2v) is 7.80. The van der Waals surface area contributed by atoms with Crippen molar-refractivity contribution >= 4 is 39.1 Å². The Labute approximate surface area is 163 Å². The third-order valence-corrected chi connectivity index (χ3v) is 5.96. The van der Waals surface area contributed by atoms with E-state index in [-0.39, 0.29) is 12.5 Å². The number of rotatable bonds is 5. The second kappa shape index (κ2) is 7.56. The third kappa shape index (κ3) is 3.49. The van der Waals surface area contributed by atoms with Gasteiger partial charge in [0.05, 0.1) is 12.3 Å². The van der Waals surface area contributed by atoms with Gasteiger partial charge in [0.15, 0.2) is 5.69 Å². The maximum absolute atomic E-state index is 12.8. The maximum Gasteiger partial charge on any atom is 0.357 e. The lowest BCUT2D eigenvalue weighted by atomic mass is 10.1. The summed E-state index contributed by atoms with van der Waals surface area (Å²) in [5.41, 5.74) is 4.30. The molecule has 142 valence electrons. The Kier molecular flexibility index (Phi) is 5.37. The van der Waals surface area contributed by atoms with Gasteiger partial charge < -0.3 is 14.6 Å². The summed E-state index contributed by atoms with van der Waals surface area (Å²) in [6.07, 6.45) is 0. The van der Waals surface area contributed by atoms with E-state index in [1.165, 1.54) is 11.8 Å². The van der Waals surface area contributed by atoms with E-state index in [0.29, 0.717) is 17.9 Å². The van der Waals surface area contributed by atoms with E-state index in [1.54, 1.807) is 18.3 Å². The number of carbonyl (C=O) groups is 2. The van der Waals surface area contributed by atoms with Crippen molar-refractivity contribution in [3.63, 3.8) is 0 Å². The van der Waals surface area contributed by atoms with Crippen LogP contribution in [-0.4, -0.2) is 23.1 Å². The number of fused-ring (bicyclic) bond motifs is 1. The Bertz CT molecular complexity index is 1030. The lowest BCUT2D eigenvalue weighted by molar-refractivity contribution is -0.114. The molecule has 1 amide bonds. The van der Waals surface area contributed by atoms with E-state index in [2.05, 4.69) is 31.3 Å². The molecule has 0 saturated heterocycles. The van der Waals surface area contributed by atoms with Gasteiger partial charge in [0.25, 0.3) is 0 Å². The number of esters is 1. The molecule has 0 aliphatic rings. The van der Waals surface area contributed by atoms with Gasteiger partial charge in [-0.2, -0.15) is 0 Å². The molecule has 0 radical (unpaired) electrons. The van der Waals surface area contributed by atoms with Crippen molar-refractivity contribution < 1.29 is 14.3 Å². The van der Waals surface area contributed by atoms with Gasteiger partial charge in [0.1, 0.15) is 4.83 Å². The molecule has 1 aromatic carbocycles. The number of hydrogen-bond donors (Lipinski definition) is 1. The number of anilines is 1. The van der Waals surface area contributed by atoms with Crippen LogP contribution >= 0.6 is 11.3 Å². The summed E-state index contributed by atoms with van der Waals surface area (Å²) in [6, 6.07) is 8.10. The molecular weight excluding hydrogens is 360 g/mol. The predicted octanol–water partition coefficient (Wildman–Crippen LogP) is 4.81. The smallest absolute Gasteiger partial charge is 0.357 e. The van der Waals surface area contributed by atoms with Crippen molar-refractivity contribution in [2.24, 2.45) is 0 Å². The normalized spacial score (nSPS) is 11.0. The quantitative estimate of drug-likeness (QED) is 0.642. The number of hydrogen-bond acceptors (Lipinski definition) is 4. The zero-order valence-corrected chi connectivity index (χ0v) is 17.1. The van der Waals surface area contributed by atoms with Crippen LogP contribution in [0.25, 0.3) is 10.2 Å². The maximum atomic E-state index is 12.8. The minimum absolute atomic E-state index is 0.209. The highest BCUT2D eigenvalue weighted by Gasteiger charge is 2.28. The number of nitrogens with zero attached hydrogens (tertiary/aromatic N) is 1. The Morgan fingerprint density at radius 2 is 1.89 bits per heavy atom. The van der Waals surface area contributed by atoms with Gasteiger partial charge in [0, 0.05) is 23.7 Å². The van der Waals surface area contributed by atoms with Crippen LogP contribution in [0, 0.1) is 20.8 Å². The average molecular weight is 385 g/mol. The zero-order chi connectivity index (χ0) is 19.7. The highest BCUT2D eigenvalue weighted by atomic mass is 32.1. The zero-order valence-electron chi connectivity index (χ0n) is 16.3. The summed E-state index contributed by atoms with van der Waals surface area (Å²) < 4.78 is 7.30. The predicted molar refractivity (Wildman–Crippen MR) is 110 cm³/mol. The second-order valence-electron chi connectivity index (χ2n) is 6.60. The monoisotopic (exact) mass is 384 g/mol. The van der Waals surface area contributed by atoms with Gasteiger partial charge in [0.2, 0.25) is 5.91 Å². The molecule has 27 heavy (non-hydrogen) atoms. The Hall–Kier alpha value is -2.60. The van der Waals surface area contributed by atoms with E-state index in [9.17, 15) is 9.59 Å². The number of nitrogens with one attached hydrogen (secondary N) is 1. The largest absolute Gasteiger partial charge is 0.461 e. The summed E-state index contributed by atoms with van der Waals surface area (Å²) in [6.45, 7) is 10.2. The van der Waals surface area contributed by atoms with Crippen LogP contribution in [0.4, 0.5) is 5.69 Å². The molecule has 0 spiro atoms. The van der Waals surface area contributed by atoms with Gasteiger partial charge in [-0.3, -0.25) is 4.79 Å². The van der Waals surface area contributed by atoms with E-state index in [4.69, 9.17) is 4.74 Å². The molecule has 0 aliphatic heterocycles. The molecular formula is C21H24N2O3S. The first kappa shape index (κ1) is 19.2. The molecule has 0 saturated carbocycles. The topological polar surface area (TPSA) is 60.3 Å². The molecule has 0 bridgehead atoms. The molecule has 3 aromatic rings. The van der Waals surface area contributed by atoms with Gasteiger partial charge in [-0.05, 0) is 44.4 Å². The number of amides is 1. The molecule has 6 heteroatoms. The van der Waals surface area contributed by atoms with Gasteiger partial charge >= 0.3 is 5.97 Å². The van der Waals surface area contributed by atoms with Crippen molar-refractivity contribution in [2.75, 3.05) is 11.9 Å². The van der Waals surface area contributed by atoms with E-state index in [0.717, 1.165) is 26.9 Å². The Balaban J connectivity index is 2.30. The summed E-state index contributed by atoms with van der Waals surface area (Å²) in [7, 11) is 0. The van der Waals surface area contributed by atoms with Crippen LogP contribution in [-0.2, 0) is 16.1 Å². The van der Waals surface area contributed by atoms with Crippen LogP contribution in [0.1, 0.15) is 45.9 Å². The average Bonchev–Trinajstić information content (AvgIpc) is 3.05. The van der Waals surface area contributed by atoms with Crippen LogP contribution in [0.3, 0.4) is 0 Å². The number of ether oxygens (including phenoxy) is 1.